The van der Waals surface area contributed by atoms with Gasteiger partial charge in [0.1, 0.15) is 0 Å². The number of nitrogens with one attached hydrogen (secondary N) is 1. The molecule has 5 heteroatoms. The van der Waals surface area contributed by atoms with Crippen molar-refractivity contribution >= 4 is 11.8 Å². The van der Waals surface area contributed by atoms with Crippen LogP contribution in [0, 0.1) is 0 Å². The second-order valence-corrected chi connectivity index (χ2v) is 3.63. The number of rotatable bonds is 5. The Hall–Kier alpha value is -0.550. The topological polar surface area (TPSA) is 51.0 Å². The molecule has 1 N–H and O–H groups in total. The van der Waals surface area contributed by atoms with Crippen molar-refractivity contribution in [2.24, 2.45) is 0 Å². The highest BCUT2D eigenvalue weighted by atomic mass is 32.2. The van der Waals surface area contributed by atoms with Crippen LogP contribution in [-0.4, -0.2) is 22.9 Å². The minimum Gasteiger partial charge on any atom is -0.338 e. The van der Waals surface area contributed by atoms with Crippen LogP contribution in [0.5, 0.6) is 0 Å². The average Bonchev–Trinajstić information content (AvgIpc) is 2.54. The van der Waals surface area contributed by atoms with E-state index in [2.05, 4.69) is 22.4 Å². The van der Waals surface area contributed by atoms with Crippen molar-refractivity contribution in [3.8, 4) is 0 Å². The van der Waals surface area contributed by atoms with Gasteiger partial charge >= 0.3 is 0 Å². The summed E-state index contributed by atoms with van der Waals surface area (Å²) >= 11 is 1.69. The van der Waals surface area contributed by atoms with E-state index in [4.69, 9.17) is 4.52 Å². The monoisotopic (exact) mass is 201 g/mol. The molecule has 74 valence electrons. The van der Waals surface area contributed by atoms with Crippen molar-refractivity contribution in [1.29, 1.82) is 0 Å². The van der Waals surface area contributed by atoms with Gasteiger partial charge in [-0.2, -0.15) is 16.7 Å². The molecule has 13 heavy (non-hydrogen) atoms. The third-order valence-electron chi connectivity index (χ3n) is 1.64. The van der Waals surface area contributed by atoms with Gasteiger partial charge < -0.3 is 9.84 Å². The zero-order valence-corrected chi connectivity index (χ0v) is 9.02. The fourth-order valence-corrected chi connectivity index (χ4v) is 1.40. The lowest BCUT2D eigenvalue weighted by Crippen LogP contribution is -2.17. The lowest BCUT2D eigenvalue weighted by Gasteiger charge is -2.04. The van der Waals surface area contributed by atoms with Crippen molar-refractivity contribution in [1.82, 2.24) is 15.5 Å². The van der Waals surface area contributed by atoms with Crippen LogP contribution >= 0.6 is 11.8 Å². The molecule has 1 aromatic rings. The number of thioether (sulfide) groups is 1. The Labute approximate surface area is 82.5 Å². The Balaban J connectivity index is 2.56. The number of hydrogen-bond acceptors (Lipinski definition) is 5. The highest BCUT2D eigenvalue weighted by molar-refractivity contribution is 7.97. The number of aromatic nitrogens is 2. The van der Waals surface area contributed by atoms with Crippen molar-refractivity contribution in [3.05, 3.63) is 11.7 Å². The second kappa shape index (κ2) is 5.24. The van der Waals surface area contributed by atoms with Crippen molar-refractivity contribution in [3.63, 3.8) is 0 Å². The standard InChI is InChI=1S/C8H15N3OS/c1-4-9-6(2)8-10-7(5-13-3)11-12-8/h6,9H,4-5H2,1-3H3. The fraction of sp³-hybridized carbons (Fsp3) is 0.750. The maximum atomic E-state index is 5.09. The average molecular weight is 201 g/mol. The fourth-order valence-electron chi connectivity index (χ4n) is 1.02. The van der Waals surface area contributed by atoms with Crippen LogP contribution in [0.25, 0.3) is 0 Å². The second-order valence-electron chi connectivity index (χ2n) is 2.76. The van der Waals surface area contributed by atoms with E-state index in [1.54, 1.807) is 11.8 Å². The minimum atomic E-state index is 0.146. The van der Waals surface area contributed by atoms with Gasteiger partial charge in [-0.15, -0.1) is 0 Å². The molecule has 0 saturated heterocycles. The highest BCUT2D eigenvalue weighted by Gasteiger charge is 2.11. The van der Waals surface area contributed by atoms with Gasteiger partial charge in [0.25, 0.3) is 0 Å². The first kappa shape index (κ1) is 10.5. The van der Waals surface area contributed by atoms with E-state index in [1.807, 2.05) is 13.2 Å². The molecule has 0 fully saturated rings. The predicted molar refractivity (Wildman–Crippen MR) is 53.6 cm³/mol. The molecule has 4 nitrogen and oxygen atoms in total. The molecular weight excluding hydrogens is 186 g/mol. The normalized spacial score (nSPS) is 13.2. The van der Waals surface area contributed by atoms with E-state index in [-0.39, 0.29) is 6.04 Å². The van der Waals surface area contributed by atoms with Crippen LogP contribution in [0.2, 0.25) is 0 Å². The van der Waals surface area contributed by atoms with Gasteiger partial charge in [-0.1, -0.05) is 12.1 Å². The van der Waals surface area contributed by atoms with Crippen molar-refractivity contribution < 1.29 is 4.52 Å². The summed E-state index contributed by atoms with van der Waals surface area (Å²) in [4.78, 5) is 4.26. The van der Waals surface area contributed by atoms with E-state index in [0.717, 1.165) is 18.1 Å². The SMILES string of the molecule is CCNC(C)c1nc(CSC)no1. The Morgan fingerprint density at radius 2 is 2.38 bits per heavy atom. The molecule has 0 saturated carbocycles. The molecule has 0 aliphatic carbocycles. The first-order valence-corrected chi connectivity index (χ1v) is 5.72. The molecule has 1 aromatic heterocycles. The maximum Gasteiger partial charge on any atom is 0.243 e. The Bertz CT molecular complexity index is 251. The zero-order chi connectivity index (χ0) is 9.68. The van der Waals surface area contributed by atoms with Crippen LogP contribution in [-0.2, 0) is 5.75 Å². The van der Waals surface area contributed by atoms with E-state index in [0.29, 0.717) is 5.89 Å². The van der Waals surface area contributed by atoms with Gasteiger partial charge in [0, 0.05) is 0 Å². The summed E-state index contributed by atoms with van der Waals surface area (Å²) in [5, 5.41) is 7.08. The maximum absolute atomic E-state index is 5.09. The lowest BCUT2D eigenvalue weighted by atomic mass is 10.3. The summed E-state index contributed by atoms with van der Waals surface area (Å²) in [7, 11) is 0. The van der Waals surface area contributed by atoms with E-state index < -0.39 is 0 Å². The third-order valence-corrected chi connectivity index (χ3v) is 2.18. The Morgan fingerprint density at radius 1 is 1.62 bits per heavy atom. The molecular formula is C8H15N3OS. The molecule has 0 aromatic carbocycles. The summed E-state index contributed by atoms with van der Waals surface area (Å²) in [5.41, 5.74) is 0. The van der Waals surface area contributed by atoms with Gasteiger partial charge in [0.15, 0.2) is 5.82 Å². The minimum absolute atomic E-state index is 0.146. The van der Waals surface area contributed by atoms with Crippen molar-refractivity contribution in [2.75, 3.05) is 12.8 Å². The Kier molecular flexibility index (Phi) is 4.24. The van der Waals surface area contributed by atoms with Crippen molar-refractivity contribution in [2.45, 2.75) is 25.6 Å². The first-order chi connectivity index (χ1) is 6.27. The quantitative estimate of drug-likeness (QED) is 0.784. The van der Waals surface area contributed by atoms with Gasteiger partial charge in [0.05, 0.1) is 11.8 Å². The summed E-state index contributed by atoms with van der Waals surface area (Å²) in [6.45, 7) is 4.97. The third kappa shape index (κ3) is 3.00. The highest BCUT2D eigenvalue weighted by Crippen LogP contribution is 2.11. The first-order valence-electron chi connectivity index (χ1n) is 4.32. The summed E-state index contributed by atoms with van der Waals surface area (Å²) in [5.74, 6) is 2.25. The van der Waals surface area contributed by atoms with E-state index >= 15 is 0 Å². The summed E-state index contributed by atoms with van der Waals surface area (Å²) < 4.78 is 5.09. The number of nitrogens with zero attached hydrogens (tertiary/aromatic N) is 2. The Morgan fingerprint density at radius 3 is 3.00 bits per heavy atom. The predicted octanol–water partition coefficient (Wildman–Crippen LogP) is 1.60. The van der Waals surface area contributed by atoms with Crippen LogP contribution < -0.4 is 5.32 Å². The van der Waals surface area contributed by atoms with Crippen LogP contribution in [0.3, 0.4) is 0 Å². The molecule has 1 rings (SSSR count). The van der Waals surface area contributed by atoms with Crippen LogP contribution in [0.1, 0.15) is 31.6 Å². The molecule has 0 aliphatic heterocycles. The van der Waals surface area contributed by atoms with E-state index in [9.17, 15) is 0 Å². The molecule has 0 bridgehead atoms. The van der Waals surface area contributed by atoms with Crippen LogP contribution in [0.4, 0.5) is 0 Å². The van der Waals surface area contributed by atoms with Gasteiger partial charge in [-0.05, 0) is 19.7 Å². The molecule has 0 aliphatic rings. The van der Waals surface area contributed by atoms with E-state index in [1.165, 1.54) is 0 Å². The molecule has 0 spiro atoms. The van der Waals surface area contributed by atoms with Crippen LogP contribution in [0.15, 0.2) is 4.52 Å². The largest absolute Gasteiger partial charge is 0.338 e. The van der Waals surface area contributed by atoms with Gasteiger partial charge in [0.2, 0.25) is 5.89 Å². The molecule has 0 radical (unpaired) electrons. The zero-order valence-electron chi connectivity index (χ0n) is 8.20. The molecule has 1 unspecified atom stereocenters. The smallest absolute Gasteiger partial charge is 0.243 e. The molecule has 1 heterocycles. The van der Waals surface area contributed by atoms with Gasteiger partial charge in [-0.3, -0.25) is 0 Å². The summed E-state index contributed by atoms with van der Waals surface area (Å²) in [6, 6.07) is 0.146. The molecule has 0 amide bonds. The summed E-state index contributed by atoms with van der Waals surface area (Å²) in [6.07, 6.45) is 2.02. The molecule has 1 atom stereocenters. The van der Waals surface area contributed by atoms with Gasteiger partial charge in [-0.25, -0.2) is 0 Å². The number of hydrogen-bond donors (Lipinski definition) is 1. The lowest BCUT2D eigenvalue weighted by molar-refractivity contribution is 0.339.